The molecule has 5 nitrogen and oxygen atoms in total. The van der Waals surface area contributed by atoms with Crippen molar-refractivity contribution in [1.82, 2.24) is 15.5 Å². The highest BCUT2D eigenvalue weighted by molar-refractivity contribution is 4.88. The predicted octanol–water partition coefficient (Wildman–Crippen LogP) is 2.10. The molecule has 0 aliphatic rings. The van der Waals surface area contributed by atoms with Gasteiger partial charge in [-0.25, -0.2) is 0 Å². The molecule has 17 heavy (non-hydrogen) atoms. The van der Waals surface area contributed by atoms with Gasteiger partial charge in [-0.15, -0.1) is 10.2 Å². The summed E-state index contributed by atoms with van der Waals surface area (Å²) in [7, 11) is 1.71. The molecule has 1 aromatic heterocycles. The molecular formula is C12H23N3O2. The number of hydrogen-bond acceptors (Lipinski definition) is 5. The fourth-order valence-corrected chi connectivity index (χ4v) is 1.44. The number of aryl methyl sites for hydroxylation is 1. The van der Waals surface area contributed by atoms with Crippen molar-refractivity contribution < 1.29 is 9.15 Å². The van der Waals surface area contributed by atoms with Crippen LogP contribution in [-0.4, -0.2) is 30.0 Å². The summed E-state index contributed by atoms with van der Waals surface area (Å²) in [6.45, 7) is 7.15. The molecule has 1 aromatic rings. The fourth-order valence-electron chi connectivity index (χ4n) is 1.44. The Morgan fingerprint density at radius 1 is 1.35 bits per heavy atom. The Balaban J connectivity index is 2.41. The molecule has 2 atom stereocenters. The van der Waals surface area contributed by atoms with Crippen molar-refractivity contribution >= 4 is 0 Å². The monoisotopic (exact) mass is 241 g/mol. The minimum absolute atomic E-state index is 0.121. The molecule has 0 bridgehead atoms. The van der Waals surface area contributed by atoms with Crippen LogP contribution in [0.1, 0.15) is 51.4 Å². The Labute approximate surface area is 103 Å². The molecule has 1 rings (SSSR count). The second-order valence-corrected chi connectivity index (χ2v) is 4.29. The van der Waals surface area contributed by atoms with Crippen LogP contribution in [0.15, 0.2) is 4.42 Å². The fraction of sp³-hybridized carbons (Fsp3) is 0.833. The predicted molar refractivity (Wildman–Crippen MR) is 65.8 cm³/mol. The molecule has 0 amide bonds. The molecule has 0 saturated carbocycles. The molecule has 0 aromatic carbocycles. The summed E-state index contributed by atoms with van der Waals surface area (Å²) in [4.78, 5) is 0. The lowest BCUT2D eigenvalue weighted by molar-refractivity contribution is 0.109. The number of ether oxygens (including phenoxy) is 1. The average molecular weight is 241 g/mol. The van der Waals surface area contributed by atoms with Crippen molar-refractivity contribution in [2.75, 3.05) is 13.7 Å². The smallest absolute Gasteiger partial charge is 0.233 e. The second-order valence-electron chi connectivity index (χ2n) is 4.29. The standard InChI is InChI=1S/C12H23N3O2/c1-5-8-13-10(3)12-15-14-11(17-12)7-6-9(2)16-4/h9-10,13H,5-8H2,1-4H3. The van der Waals surface area contributed by atoms with Crippen LogP contribution in [0.25, 0.3) is 0 Å². The molecule has 1 N–H and O–H groups in total. The number of hydrogen-bond donors (Lipinski definition) is 1. The largest absolute Gasteiger partial charge is 0.424 e. The number of nitrogens with zero attached hydrogens (tertiary/aromatic N) is 2. The zero-order valence-corrected chi connectivity index (χ0v) is 11.2. The maximum atomic E-state index is 5.60. The van der Waals surface area contributed by atoms with Gasteiger partial charge in [-0.05, 0) is 33.2 Å². The highest BCUT2D eigenvalue weighted by Crippen LogP contribution is 2.12. The number of rotatable bonds is 8. The first-order chi connectivity index (χ1) is 8.17. The van der Waals surface area contributed by atoms with E-state index in [0.29, 0.717) is 11.8 Å². The van der Waals surface area contributed by atoms with Gasteiger partial charge >= 0.3 is 0 Å². The summed E-state index contributed by atoms with van der Waals surface area (Å²) < 4.78 is 10.8. The van der Waals surface area contributed by atoms with Crippen LogP contribution in [0.4, 0.5) is 0 Å². The second kappa shape index (κ2) is 7.40. The summed E-state index contributed by atoms with van der Waals surface area (Å²) in [5.74, 6) is 1.35. The molecule has 1 heterocycles. The first-order valence-corrected chi connectivity index (χ1v) is 6.25. The van der Waals surface area contributed by atoms with Gasteiger partial charge in [0.2, 0.25) is 11.8 Å². The molecule has 5 heteroatoms. The van der Waals surface area contributed by atoms with E-state index in [2.05, 4.69) is 22.4 Å². The number of aromatic nitrogens is 2. The van der Waals surface area contributed by atoms with Crippen LogP contribution in [-0.2, 0) is 11.2 Å². The molecule has 0 fully saturated rings. The SMILES string of the molecule is CCCNC(C)c1nnc(CCC(C)OC)o1. The third-order valence-electron chi connectivity index (χ3n) is 2.72. The summed E-state index contributed by atoms with van der Waals surface area (Å²) in [5, 5.41) is 11.4. The Morgan fingerprint density at radius 3 is 2.76 bits per heavy atom. The molecular weight excluding hydrogens is 218 g/mol. The highest BCUT2D eigenvalue weighted by Gasteiger charge is 2.13. The maximum Gasteiger partial charge on any atom is 0.233 e. The average Bonchev–Trinajstić information content (AvgIpc) is 2.81. The van der Waals surface area contributed by atoms with Crippen molar-refractivity contribution in [3.63, 3.8) is 0 Å². The zero-order chi connectivity index (χ0) is 12.7. The van der Waals surface area contributed by atoms with Gasteiger partial charge in [-0.1, -0.05) is 6.92 Å². The van der Waals surface area contributed by atoms with Gasteiger partial charge < -0.3 is 14.5 Å². The van der Waals surface area contributed by atoms with Crippen molar-refractivity contribution in [2.45, 2.75) is 52.2 Å². The van der Waals surface area contributed by atoms with E-state index in [0.717, 1.165) is 25.8 Å². The molecule has 0 aliphatic carbocycles. The van der Waals surface area contributed by atoms with Crippen molar-refractivity contribution in [1.29, 1.82) is 0 Å². The molecule has 98 valence electrons. The van der Waals surface area contributed by atoms with E-state index in [4.69, 9.17) is 9.15 Å². The van der Waals surface area contributed by atoms with Crippen molar-refractivity contribution in [3.05, 3.63) is 11.8 Å². The summed E-state index contributed by atoms with van der Waals surface area (Å²) in [6.07, 6.45) is 2.98. The van der Waals surface area contributed by atoms with E-state index in [1.54, 1.807) is 7.11 Å². The van der Waals surface area contributed by atoms with Crippen LogP contribution in [0, 0.1) is 0 Å². The Morgan fingerprint density at radius 2 is 2.12 bits per heavy atom. The Hall–Kier alpha value is -0.940. The van der Waals surface area contributed by atoms with Gasteiger partial charge in [-0.2, -0.15) is 0 Å². The van der Waals surface area contributed by atoms with E-state index in [1.807, 2.05) is 13.8 Å². The van der Waals surface area contributed by atoms with Crippen LogP contribution in [0.2, 0.25) is 0 Å². The molecule has 0 aliphatic heterocycles. The van der Waals surface area contributed by atoms with Gasteiger partial charge in [0.15, 0.2) is 0 Å². The maximum absolute atomic E-state index is 5.60. The van der Waals surface area contributed by atoms with E-state index in [-0.39, 0.29) is 12.1 Å². The van der Waals surface area contributed by atoms with Crippen LogP contribution in [0.3, 0.4) is 0 Å². The molecule has 0 radical (unpaired) electrons. The Bertz CT molecular complexity index is 314. The van der Waals surface area contributed by atoms with E-state index in [1.165, 1.54) is 0 Å². The molecule has 0 saturated heterocycles. The first-order valence-electron chi connectivity index (χ1n) is 6.25. The number of methoxy groups -OCH3 is 1. The van der Waals surface area contributed by atoms with Gasteiger partial charge in [0.25, 0.3) is 0 Å². The van der Waals surface area contributed by atoms with E-state index >= 15 is 0 Å². The quantitative estimate of drug-likeness (QED) is 0.755. The van der Waals surface area contributed by atoms with Gasteiger partial charge in [0, 0.05) is 13.5 Å². The lowest BCUT2D eigenvalue weighted by Gasteiger charge is -2.08. The highest BCUT2D eigenvalue weighted by atomic mass is 16.5. The van der Waals surface area contributed by atoms with Crippen molar-refractivity contribution in [2.24, 2.45) is 0 Å². The molecule has 0 spiro atoms. The van der Waals surface area contributed by atoms with Crippen LogP contribution >= 0.6 is 0 Å². The summed E-state index contributed by atoms with van der Waals surface area (Å²) in [6, 6.07) is 0.121. The van der Waals surface area contributed by atoms with Gasteiger partial charge in [-0.3, -0.25) is 0 Å². The lowest BCUT2D eigenvalue weighted by Crippen LogP contribution is -2.19. The van der Waals surface area contributed by atoms with Crippen molar-refractivity contribution in [3.8, 4) is 0 Å². The van der Waals surface area contributed by atoms with Crippen LogP contribution in [0.5, 0.6) is 0 Å². The van der Waals surface area contributed by atoms with E-state index in [9.17, 15) is 0 Å². The summed E-state index contributed by atoms with van der Waals surface area (Å²) in [5.41, 5.74) is 0. The minimum Gasteiger partial charge on any atom is -0.424 e. The van der Waals surface area contributed by atoms with E-state index < -0.39 is 0 Å². The third kappa shape index (κ3) is 4.83. The third-order valence-corrected chi connectivity index (χ3v) is 2.72. The zero-order valence-electron chi connectivity index (χ0n) is 11.2. The Kier molecular flexibility index (Phi) is 6.15. The first kappa shape index (κ1) is 14.1. The minimum atomic E-state index is 0.121. The topological polar surface area (TPSA) is 60.2 Å². The normalized spacial score (nSPS) is 14.8. The van der Waals surface area contributed by atoms with Crippen LogP contribution < -0.4 is 5.32 Å². The number of nitrogens with one attached hydrogen (secondary N) is 1. The van der Waals surface area contributed by atoms with Gasteiger partial charge in [0.05, 0.1) is 12.1 Å². The summed E-state index contributed by atoms with van der Waals surface area (Å²) >= 11 is 0. The lowest BCUT2D eigenvalue weighted by atomic mass is 10.2. The molecule has 2 unspecified atom stereocenters. The van der Waals surface area contributed by atoms with Gasteiger partial charge in [0.1, 0.15) is 0 Å².